The lowest BCUT2D eigenvalue weighted by Gasteiger charge is -2.12. The molecule has 0 aliphatic carbocycles. The minimum Gasteiger partial charge on any atom is -0.494 e. The number of hydrogen-bond acceptors (Lipinski definition) is 3. The Kier molecular flexibility index (Phi) is 8.71. The van der Waals surface area contributed by atoms with E-state index in [0.717, 1.165) is 54.8 Å². The van der Waals surface area contributed by atoms with Gasteiger partial charge in [-0.1, -0.05) is 38.1 Å². The predicted molar refractivity (Wildman–Crippen MR) is 142 cm³/mol. The zero-order valence-electron chi connectivity index (χ0n) is 21.0. The number of hydrogen-bond donors (Lipinski definition) is 1. The normalized spacial score (nSPS) is 12.0. The summed E-state index contributed by atoms with van der Waals surface area (Å²) in [6.07, 6.45) is 3.50. The van der Waals surface area contributed by atoms with Crippen LogP contribution < -0.4 is 10.1 Å². The van der Waals surface area contributed by atoms with Crippen molar-refractivity contribution in [3.63, 3.8) is 0 Å². The lowest BCUT2D eigenvalue weighted by molar-refractivity contribution is 0.0953. The molecule has 0 saturated heterocycles. The van der Waals surface area contributed by atoms with Gasteiger partial charge >= 0.3 is 0 Å². The molecule has 4 aromatic rings. The highest BCUT2D eigenvalue weighted by molar-refractivity contribution is 5.94. The van der Waals surface area contributed by atoms with E-state index in [-0.39, 0.29) is 11.7 Å². The summed E-state index contributed by atoms with van der Waals surface area (Å²) in [5.41, 5.74) is 3.89. The first-order valence-corrected chi connectivity index (χ1v) is 12.8. The summed E-state index contributed by atoms with van der Waals surface area (Å²) in [4.78, 5) is 17.1. The number of nitrogens with one attached hydrogen (secondary N) is 1. The number of aryl methyl sites for hydroxylation is 2. The van der Waals surface area contributed by atoms with E-state index >= 15 is 0 Å². The fraction of sp³-hybridized carbons (Fsp3) is 0.333. The Morgan fingerprint density at radius 3 is 2.53 bits per heavy atom. The van der Waals surface area contributed by atoms with Gasteiger partial charge in [0.25, 0.3) is 5.91 Å². The average Bonchev–Trinajstić information content (AvgIpc) is 3.26. The van der Waals surface area contributed by atoms with E-state index in [4.69, 9.17) is 9.72 Å². The van der Waals surface area contributed by atoms with Crippen molar-refractivity contribution in [2.45, 2.75) is 52.0 Å². The van der Waals surface area contributed by atoms with Gasteiger partial charge in [-0.3, -0.25) is 4.79 Å². The van der Waals surface area contributed by atoms with Gasteiger partial charge in [-0.05, 0) is 79.3 Å². The van der Waals surface area contributed by atoms with Crippen LogP contribution in [0.4, 0.5) is 4.39 Å². The first-order valence-electron chi connectivity index (χ1n) is 12.8. The van der Waals surface area contributed by atoms with Crippen molar-refractivity contribution in [2.24, 2.45) is 0 Å². The summed E-state index contributed by atoms with van der Waals surface area (Å²) in [6, 6.07) is 22.1. The Balaban J connectivity index is 1.30. The summed E-state index contributed by atoms with van der Waals surface area (Å²) in [5, 5.41) is 2.91. The summed E-state index contributed by atoms with van der Waals surface area (Å²) in [7, 11) is 0. The minimum absolute atomic E-state index is 0.196. The molecule has 6 heteroatoms. The van der Waals surface area contributed by atoms with Crippen LogP contribution >= 0.6 is 0 Å². The van der Waals surface area contributed by atoms with E-state index in [1.165, 1.54) is 29.8 Å². The van der Waals surface area contributed by atoms with E-state index in [2.05, 4.69) is 54.1 Å². The van der Waals surface area contributed by atoms with E-state index in [9.17, 15) is 9.18 Å². The van der Waals surface area contributed by atoms with E-state index in [1.807, 2.05) is 18.2 Å². The maximum atomic E-state index is 13.1. The number of amides is 1. The van der Waals surface area contributed by atoms with Crippen LogP contribution in [0, 0.1) is 5.82 Å². The molecule has 0 radical (unpaired) electrons. The average molecular weight is 488 g/mol. The van der Waals surface area contributed by atoms with Crippen LogP contribution in [0.3, 0.4) is 0 Å². The number of ether oxygens (including phenoxy) is 1. The lowest BCUT2D eigenvalue weighted by Crippen LogP contribution is -2.25. The number of fused-ring (bicyclic) bond motifs is 1. The number of aromatic nitrogens is 2. The first-order chi connectivity index (χ1) is 17.5. The molecular formula is C30H34FN3O2. The number of carbonyl (C=O) groups excluding carboxylic acids is 1. The van der Waals surface area contributed by atoms with Crippen molar-refractivity contribution in [1.82, 2.24) is 14.9 Å². The number of rotatable bonds is 12. The smallest absolute Gasteiger partial charge is 0.251 e. The molecule has 188 valence electrons. The molecule has 3 aromatic carbocycles. The number of imidazole rings is 1. The minimum atomic E-state index is -0.352. The highest BCUT2D eigenvalue weighted by Gasteiger charge is 2.11. The quantitative estimate of drug-likeness (QED) is 0.232. The molecule has 0 saturated carbocycles. The van der Waals surface area contributed by atoms with Crippen LogP contribution in [0.2, 0.25) is 0 Å². The van der Waals surface area contributed by atoms with Crippen LogP contribution in [-0.4, -0.2) is 28.6 Å². The van der Waals surface area contributed by atoms with Crippen LogP contribution in [-0.2, 0) is 13.0 Å². The largest absolute Gasteiger partial charge is 0.494 e. The molecule has 1 heterocycles. The molecule has 36 heavy (non-hydrogen) atoms. The molecule has 0 bridgehead atoms. The second kappa shape index (κ2) is 12.3. The summed E-state index contributed by atoms with van der Waals surface area (Å²) < 4.78 is 21.3. The molecule has 1 atom stereocenters. The molecule has 0 spiro atoms. The molecule has 0 aliphatic heterocycles. The lowest BCUT2D eigenvalue weighted by atomic mass is 9.99. The van der Waals surface area contributed by atoms with Gasteiger partial charge in [0, 0.05) is 25.1 Å². The van der Waals surface area contributed by atoms with E-state index in [1.54, 1.807) is 0 Å². The van der Waals surface area contributed by atoms with Crippen molar-refractivity contribution >= 4 is 16.9 Å². The van der Waals surface area contributed by atoms with Gasteiger partial charge < -0.3 is 14.6 Å². The highest BCUT2D eigenvalue weighted by Crippen LogP contribution is 2.22. The van der Waals surface area contributed by atoms with Crippen molar-refractivity contribution in [2.75, 3.05) is 13.2 Å². The molecule has 1 N–H and O–H groups in total. The maximum Gasteiger partial charge on any atom is 0.251 e. The predicted octanol–water partition coefficient (Wildman–Crippen LogP) is 6.52. The van der Waals surface area contributed by atoms with Crippen molar-refractivity contribution in [1.29, 1.82) is 0 Å². The summed E-state index contributed by atoms with van der Waals surface area (Å²) >= 11 is 0. The Labute approximate surface area is 212 Å². The Morgan fingerprint density at radius 2 is 1.78 bits per heavy atom. The molecule has 0 aliphatic rings. The molecule has 1 aromatic heterocycles. The van der Waals surface area contributed by atoms with Gasteiger partial charge in [0.05, 0.1) is 17.6 Å². The third-order valence-corrected chi connectivity index (χ3v) is 6.56. The van der Waals surface area contributed by atoms with Gasteiger partial charge in [-0.25, -0.2) is 9.37 Å². The molecule has 5 nitrogen and oxygen atoms in total. The van der Waals surface area contributed by atoms with E-state index in [0.29, 0.717) is 24.6 Å². The Morgan fingerprint density at radius 1 is 1.03 bits per heavy atom. The van der Waals surface area contributed by atoms with Crippen LogP contribution in [0.1, 0.15) is 60.8 Å². The number of nitrogens with zero attached hydrogens (tertiary/aromatic N) is 2. The zero-order valence-corrected chi connectivity index (χ0v) is 21.0. The number of benzene rings is 3. The number of para-hydroxylation sites is 2. The second-order valence-electron chi connectivity index (χ2n) is 9.12. The molecule has 0 fully saturated rings. The van der Waals surface area contributed by atoms with Crippen molar-refractivity contribution in [3.05, 3.63) is 95.6 Å². The van der Waals surface area contributed by atoms with Gasteiger partial charge in [0.15, 0.2) is 0 Å². The standard InChI is InChI=1S/C30H34FN3O2/c1-3-22(2)23-13-17-26(18-14-23)36-21-7-20-34-28-9-5-4-8-27(28)33-29(34)10-6-19-32-30(35)24-11-15-25(31)16-12-24/h4-5,8-9,11-18,22H,3,6-7,10,19-21H2,1-2H3,(H,32,35). The van der Waals surface area contributed by atoms with Crippen LogP contribution in [0.25, 0.3) is 11.0 Å². The van der Waals surface area contributed by atoms with Gasteiger partial charge in [0.2, 0.25) is 0 Å². The summed E-state index contributed by atoms with van der Waals surface area (Å²) in [5.74, 6) is 1.91. The van der Waals surface area contributed by atoms with Gasteiger partial charge in [-0.2, -0.15) is 0 Å². The van der Waals surface area contributed by atoms with Crippen LogP contribution in [0.15, 0.2) is 72.8 Å². The van der Waals surface area contributed by atoms with Crippen molar-refractivity contribution in [3.8, 4) is 5.75 Å². The molecule has 1 unspecified atom stereocenters. The fourth-order valence-corrected chi connectivity index (χ4v) is 4.26. The molecular weight excluding hydrogens is 453 g/mol. The Bertz CT molecular complexity index is 1270. The molecule has 4 rings (SSSR count). The number of carbonyl (C=O) groups is 1. The van der Waals surface area contributed by atoms with Crippen molar-refractivity contribution < 1.29 is 13.9 Å². The Hall–Kier alpha value is -3.67. The SMILES string of the molecule is CCC(C)c1ccc(OCCCn2c(CCCNC(=O)c3ccc(F)cc3)nc3ccccc32)cc1. The second-order valence-corrected chi connectivity index (χ2v) is 9.12. The van der Waals surface area contributed by atoms with Crippen LogP contribution in [0.5, 0.6) is 5.75 Å². The number of halogens is 1. The topological polar surface area (TPSA) is 56.1 Å². The summed E-state index contributed by atoms with van der Waals surface area (Å²) in [6.45, 7) is 6.40. The highest BCUT2D eigenvalue weighted by atomic mass is 19.1. The van der Waals surface area contributed by atoms with Gasteiger partial charge in [-0.15, -0.1) is 0 Å². The first kappa shape index (κ1) is 25.4. The van der Waals surface area contributed by atoms with E-state index < -0.39 is 0 Å². The maximum absolute atomic E-state index is 13.1. The third-order valence-electron chi connectivity index (χ3n) is 6.56. The zero-order chi connectivity index (χ0) is 25.3. The fourth-order valence-electron chi connectivity index (χ4n) is 4.26. The monoisotopic (exact) mass is 487 g/mol. The van der Waals surface area contributed by atoms with Gasteiger partial charge in [0.1, 0.15) is 17.4 Å². The molecule has 1 amide bonds. The third kappa shape index (κ3) is 6.51.